The molecule has 0 unspecified atom stereocenters. The third kappa shape index (κ3) is 2.65. The molecule has 2 aromatic heterocycles. The second-order valence-electron chi connectivity index (χ2n) is 6.10. The van der Waals surface area contributed by atoms with E-state index in [1.807, 2.05) is 0 Å². The quantitative estimate of drug-likeness (QED) is 0.654. The summed E-state index contributed by atoms with van der Waals surface area (Å²) in [6.45, 7) is 0.214. The fourth-order valence-electron chi connectivity index (χ4n) is 3.39. The van der Waals surface area contributed by atoms with Crippen molar-refractivity contribution < 1.29 is 14.3 Å². The Morgan fingerprint density at radius 1 is 1.35 bits per heavy atom. The number of aromatic nitrogens is 2. The number of rotatable bonds is 2. The first-order valence-electron chi connectivity index (χ1n) is 8.03. The second-order valence-corrected chi connectivity index (χ2v) is 6.84. The first kappa shape index (κ1) is 17.3. The van der Waals surface area contributed by atoms with E-state index in [1.54, 1.807) is 23.1 Å². The van der Waals surface area contributed by atoms with Gasteiger partial charge in [-0.25, -0.2) is 9.37 Å². The molecule has 3 heterocycles. The number of H-pyrrole nitrogens is 1. The minimum absolute atomic E-state index is 0.0827. The van der Waals surface area contributed by atoms with Crippen LogP contribution in [0.25, 0.3) is 22.2 Å². The third-order valence-electron chi connectivity index (χ3n) is 4.64. The molecule has 1 amide bonds. The van der Waals surface area contributed by atoms with Gasteiger partial charge in [-0.1, -0.05) is 35.3 Å². The predicted molar refractivity (Wildman–Crippen MR) is 97.7 cm³/mol. The number of nitrogens with zero attached hydrogens (tertiary/aromatic N) is 2. The number of carbonyl (C=O) groups is 1. The molecule has 134 valence electrons. The lowest BCUT2D eigenvalue weighted by molar-refractivity contribution is -0.135. The number of aliphatic hydroxyl groups is 1. The van der Waals surface area contributed by atoms with Crippen LogP contribution in [0, 0.1) is 5.82 Å². The standard InChI is InChI=1S/C18H14Cl2FN3O2/c19-15-17-14(10-7-24(13(26)8-25)6-5-12(10)22-17)16(23-18(15)20)9-3-1-2-4-11(9)21/h1-4,22,25H,5-8H2. The lowest BCUT2D eigenvalue weighted by Crippen LogP contribution is -2.37. The van der Waals surface area contributed by atoms with Crippen molar-refractivity contribution in [2.75, 3.05) is 13.2 Å². The molecule has 0 radical (unpaired) electrons. The molecule has 26 heavy (non-hydrogen) atoms. The van der Waals surface area contributed by atoms with Crippen molar-refractivity contribution in [3.8, 4) is 11.3 Å². The average Bonchev–Trinajstić information content (AvgIpc) is 3.03. The molecule has 0 aliphatic carbocycles. The molecule has 1 aromatic carbocycles. The van der Waals surface area contributed by atoms with Crippen LogP contribution in [0.2, 0.25) is 10.2 Å². The number of halogens is 3. The molecule has 0 bridgehead atoms. The van der Waals surface area contributed by atoms with E-state index in [2.05, 4.69) is 9.97 Å². The van der Waals surface area contributed by atoms with Crippen LogP contribution in [0.3, 0.4) is 0 Å². The second kappa shape index (κ2) is 6.54. The molecule has 3 aromatic rings. The van der Waals surface area contributed by atoms with Gasteiger partial charge in [-0.3, -0.25) is 4.79 Å². The molecule has 1 aliphatic rings. The van der Waals surface area contributed by atoms with Gasteiger partial charge in [-0.15, -0.1) is 0 Å². The van der Waals surface area contributed by atoms with Gasteiger partial charge in [0.1, 0.15) is 17.4 Å². The normalized spacial score (nSPS) is 13.9. The Labute approximate surface area is 158 Å². The van der Waals surface area contributed by atoms with E-state index in [4.69, 9.17) is 28.3 Å². The largest absolute Gasteiger partial charge is 0.387 e. The van der Waals surface area contributed by atoms with Crippen LogP contribution < -0.4 is 0 Å². The van der Waals surface area contributed by atoms with Gasteiger partial charge >= 0.3 is 0 Å². The van der Waals surface area contributed by atoms with Crippen molar-refractivity contribution in [3.05, 3.63) is 51.5 Å². The van der Waals surface area contributed by atoms with Crippen LogP contribution in [-0.4, -0.2) is 39.0 Å². The topological polar surface area (TPSA) is 69.2 Å². The van der Waals surface area contributed by atoms with Gasteiger partial charge in [0, 0.05) is 41.7 Å². The monoisotopic (exact) mass is 393 g/mol. The molecule has 8 heteroatoms. The smallest absolute Gasteiger partial charge is 0.248 e. The number of aliphatic hydroxyl groups excluding tert-OH is 1. The number of nitrogens with one attached hydrogen (secondary N) is 1. The zero-order chi connectivity index (χ0) is 18.4. The molecular weight excluding hydrogens is 380 g/mol. The van der Waals surface area contributed by atoms with Gasteiger partial charge in [-0.05, 0) is 12.1 Å². The number of aromatic amines is 1. The SMILES string of the molecule is O=C(CO)N1CCc2[nH]c3c(Cl)c(Cl)nc(-c4ccccc4F)c3c2C1. The molecular formula is C18H14Cl2FN3O2. The summed E-state index contributed by atoms with van der Waals surface area (Å²) in [6.07, 6.45) is 0.570. The van der Waals surface area contributed by atoms with Crippen LogP contribution in [0.4, 0.5) is 4.39 Å². The number of amides is 1. The Hall–Kier alpha value is -2.15. The number of pyridine rings is 1. The number of benzene rings is 1. The van der Waals surface area contributed by atoms with E-state index in [-0.39, 0.29) is 22.6 Å². The molecule has 0 saturated carbocycles. The Morgan fingerprint density at radius 2 is 2.12 bits per heavy atom. The van der Waals surface area contributed by atoms with Gasteiger partial charge in [0.15, 0.2) is 5.15 Å². The summed E-state index contributed by atoms with van der Waals surface area (Å²) in [5, 5.41) is 10.1. The Morgan fingerprint density at radius 3 is 2.85 bits per heavy atom. The maximum atomic E-state index is 14.4. The summed E-state index contributed by atoms with van der Waals surface area (Å²) >= 11 is 12.5. The van der Waals surface area contributed by atoms with E-state index in [9.17, 15) is 9.18 Å². The van der Waals surface area contributed by atoms with Crippen LogP contribution in [-0.2, 0) is 17.8 Å². The van der Waals surface area contributed by atoms with Crippen LogP contribution in [0.15, 0.2) is 24.3 Å². The molecule has 0 fully saturated rings. The molecule has 0 saturated heterocycles. The maximum absolute atomic E-state index is 14.4. The van der Waals surface area contributed by atoms with Gasteiger partial charge in [0.25, 0.3) is 0 Å². The molecule has 4 rings (SSSR count). The van der Waals surface area contributed by atoms with Crippen molar-refractivity contribution >= 4 is 40.0 Å². The number of carbonyl (C=O) groups excluding carboxylic acids is 1. The van der Waals surface area contributed by atoms with Crippen molar-refractivity contribution in [2.45, 2.75) is 13.0 Å². The van der Waals surface area contributed by atoms with Crippen molar-refractivity contribution in [1.82, 2.24) is 14.9 Å². The zero-order valence-corrected chi connectivity index (χ0v) is 15.0. The van der Waals surface area contributed by atoms with Gasteiger partial charge in [0.2, 0.25) is 5.91 Å². The van der Waals surface area contributed by atoms with Crippen LogP contribution >= 0.6 is 23.2 Å². The van der Waals surface area contributed by atoms with Gasteiger partial charge in [-0.2, -0.15) is 0 Å². The van der Waals surface area contributed by atoms with E-state index in [0.717, 1.165) is 11.3 Å². The summed E-state index contributed by atoms with van der Waals surface area (Å²) < 4.78 is 14.4. The summed E-state index contributed by atoms with van der Waals surface area (Å²) in [5.74, 6) is -0.779. The van der Waals surface area contributed by atoms with Crippen LogP contribution in [0.5, 0.6) is 0 Å². The molecule has 0 atom stereocenters. The van der Waals surface area contributed by atoms with Crippen molar-refractivity contribution in [3.63, 3.8) is 0 Å². The Kier molecular flexibility index (Phi) is 4.34. The van der Waals surface area contributed by atoms with Crippen molar-refractivity contribution in [1.29, 1.82) is 0 Å². The van der Waals surface area contributed by atoms with E-state index in [0.29, 0.717) is 35.1 Å². The minimum Gasteiger partial charge on any atom is -0.387 e. The number of hydrogen-bond donors (Lipinski definition) is 2. The third-order valence-corrected chi connectivity index (χ3v) is 5.38. The summed E-state index contributed by atoms with van der Waals surface area (Å²) in [7, 11) is 0. The Bertz CT molecular complexity index is 1030. The molecule has 1 aliphatic heterocycles. The minimum atomic E-state index is -0.553. The Balaban J connectivity index is 1.99. The van der Waals surface area contributed by atoms with Crippen molar-refractivity contribution in [2.24, 2.45) is 0 Å². The highest BCUT2D eigenvalue weighted by molar-refractivity contribution is 6.44. The zero-order valence-electron chi connectivity index (χ0n) is 13.5. The maximum Gasteiger partial charge on any atom is 0.248 e. The summed E-state index contributed by atoms with van der Waals surface area (Å²) in [5.41, 5.74) is 2.99. The van der Waals surface area contributed by atoms with Gasteiger partial charge < -0.3 is 15.0 Å². The van der Waals surface area contributed by atoms with Gasteiger partial charge in [0.05, 0.1) is 11.2 Å². The van der Waals surface area contributed by atoms with E-state index >= 15 is 0 Å². The predicted octanol–water partition coefficient (Wildman–Crippen LogP) is 3.55. The van der Waals surface area contributed by atoms with E-state index in [1.165, 1.54) is 6.07 Å². The lowest BCUT2D eigenvalue weighted by Gasteiger charge is -2.26. The fourth-order valence-corrected chi connectivity index (χ4v) is 3.75. The lowest BCUT2D eigenvalue weighted by atomic mass is 10.00. The molecule has 0 spiro atoms. The first-order chi connectivity index (χ1) is 12.5. The number of hydrogen-bond acceptors (Lipinski definition) is 3. The van der Waals surface area contributed by atoms with Crippen LogP contribution in [0.1, 0.15) is 11.3 Å². The highest BCUT2D eigenvalue weighted by Gasteiger charge is 2.28. The molecule has 2 N–H and O–H groups in total. The first-order valence-corrected chi connectivity index (χ1v) is 8.78. The fraction of sp³-hybridized carbons (Fsp3) is 0.222. The summed E-state index contributed by atoms with van der Waals surface area (Å²) in [4.78, 5) is 21.0. The number of fused-ring (bicyclic) bond motifs is 3. The van der Waals surface area contributed by atoms with E-state index < -0.39 is 12.4 Å². The highest BCUT2D eigenvalue weighted by Crippen LogP contribution is 2.40. The average molecular weight is 394 g/mol. The highest BCUT2D eigenvalue weighted by atomic mass is 35.5. The molecule has 5 nitrogen and oxygen atoms in total. The summed E-state index contributed by atoms with van der Waals surface area (Å²) in [6, 6.07) is 6.29.